The van der Waals surface area contributed by atoms with Gasteiger partial charge in [0.05, 0.1) is 16.7 Å². The SMILES string of the molecule is CCCc1ccc(OCc2ccc(C(=O)Nc3cc(Oc4cc(C)ccc4C)cc([N+](=O)[O-])c3)o2)cc1. The minimum absolute atomic E-state index is 0.0559. The van der Waals surface area contributed by atoms with Crippen LogP contribution in [0.3, 0.4) is 0 Å². The summed E-state index contributed by atoms with van der Waals surface area (Å²) < 4.78 is 17.3. The number of aryl methyl sites for hydroxylation is 3. The fourth-order valence-electron chi connectivity index (χ4n) is 3.73. The van der Waals surface area contributed by atoms with Crippen molar-refractivity contribution in [3.63, 3.8) is 0 Å². The molecule has 4 rings (SSSR count). The fraction of sp³-hybridized carbons (Fsp3) is 0.207. The van der Waals surface area contributed by atoms with Gasteiger partial charge in [0, 0.05) is 12.1 Å². The summed E-state index contributed by atoms with van der Waals surface area (Å²) in [4.78, 5) is 23.7. The lowest BCUT2D eigenvalue weighted by molar-refractivity contribution is -0.384. The third-order valence-electron chi connectivity index (χ3n) is 5.66. The number of hydrogen-bond donors (Lipinski definition) is 1. The minimum atomic E-state index is -0.548. The van der Waals surface area contributed by atoms with Crippen molar-refractivity contribution in [2.45, 2.75) is 40.2 Å². The van der Waals surface area contributed by atoms with Gasteiger partial charge in [-0.15, -0.1) is 0 Å². The molecule has 1 N–H and O–H groups in total. The largest absolute Gasteiger partial charge is 0.486 e. The molecule has 0 radical (unpaired) electrons. The number of nitro benzene ring substituents is 1. The van der Waals surface area contributed by atoms with Crippen LogP contribution in [0.25, 0.3) is 0 Å². The summed E-state index contributed by atoms with van der Waals surface area (Å²) in [6.45, 7) is 6.10. The van der Waals surface area contributed by atoms with E-state index in [-0.39, 0.29) is 29.5 Å². The highest BCUT2D eigenvalue weighted by molar-refractivity contribution is 6.02. The molecule has 0 aliphatic rings. The Bertz CT molecular complexity index is 1410. The summed E-state index contributed by atoms with van der Waals surface area (Å²) in [5.74, 6) is 1.50. The molecule has 0 aliphatic heterocycles. The molecule has 0 saturated heterocycles. The number of rotatable bonds is 10. The van der Waals surface area contributed by atoms with Crippen LogP contribution in [-0.2, 0) is 13.0 Å². The van der Waals surface area contributed by atoms with Gasteiger partial charge in [0.25, 0.3) is 11.6 Å². The van der Waals surface area contributed by atoms with E-state index in [2.05, 4.69) is 12.2 Å². The number of anilines is 1. The number of carbonyl (C=O) groups excluding carboxylic acids is 1. The van der Waals surface area contributed by atoms with E-state index in [0.29, 0.717) is 17.3 Å². The smallest absolute Gasteiger partial charge is 0.291 e. The van der Waals surface area contributed by atoms with Crippen molar-refractivity contribution >= 4 is 17.3 Å². The molecule has 0 aliphatic carbocycles. The van der Waals surface area contributed by atoms with Gasteiger partial charge in [0.2, 0.25) is 0 Å². The number of ether oxygens (including phenoxy) is 2. The number of carbonyl (C=O) groups is 1. The van der Waals surface area contributed by atoms with Crippen LogP contribution in [-0.4, -0.2) is 10.8 Å². The maximum atomic E-state index is 12.8. The van der Waals surface area contributed by atoms with E-state index in [1.807, 2.05) is 56.3 Å². The van der Waals surface area contributed by atoms with Crippen LogP contribution in [0.5, 0.6) is 17.2 Å². The molecule has 4 aromatic rings. The molecule has 8 nitrogen and oxygen atoms in total. The Morgan fingerprint density at radius 2 is 1.76 bits per heavy atom. The molecule has 190 valence electrons. The summed E-state index contributed by atoms with van der Waals surface area (Å²) in [6.07, 6.45) is 2.09. The predicted octanol–water partition coefficient (Wildman–Crippen LogP) is 7.38. The lowest BCUT2D eigenvalue weighted by atomic mass is 10.1. The summed E-state index contributed by atoms with van der Waals surface area (Å²) in [5, 5.41) is 14.1. The molecule has 0 spiro atoms. The van der Waals surface area contributed by atoms with Crippen molar-refractivity contribution < 1.29 is 23.6 Å². The molecule has 1 amide bonds. The average molecular weight is 501 g/mol. The number of non-ortho nitro benzene ring substituents is 1. The van der Waals surface area contributed by atoms with E-state index < -0.39 is 10.8 Å². The van der Waals surface area contributed by atoms with Crippen LogP contribution >= 0.6 is 0 Å². The third-order valence-corrected chi connectivity index (χ3v) is 5.66. The van der Waals surface area contributed by atoms with Gasteiger partial charge >= 0.3 is 0 Å². The highest BCUT2D eigenvalue weighted by Gasteiger charge is 2.17. The zero-order chi connectivity index (χ0) is 26.4. The number of hydrogen-bond acceptors (Lipinski definition) is 6. The van der Waals surface area contributed by atoms with Crippen LogP contribution in [0.2, 0.25) is 0 Å². The van der Waals surface area contributed by atoms with E-state index in [4.69, 9.17) is 13.9 Å². The maximum Gasteiger partial charge on any atom is 0.291 e. The molecule has 0 bridgehead atoms. The minimum Gasteiger partial charge on any atom is -0.486 e. The topological polar surface area (TPSA) is 104 Å². The van der Waals surface area contributed by atoms with E-state index in [1.54, 1.807) is 6.07 Å². The highest BCUT2D eigenvalue weighted by atomic mass is 16.6. The van der Waals surface area contributed by atoms with Crippen molar-refractivity contribution in [1.29, 1.82) is 0 Å². The van der Waals surface area contributed by atoms with Gasteiger partial charge in [0.1, 0.15) is 29.6 Å². The molecular formula is C29H28N2O6. The first kappa shape index (κ1) is 25.5. The van der Waals surface area contributed by atoms with E-state index in [1.165, 1.54) is 29.8 Å². The molecule has 1 heterocycles. The van der Waals surface area contributed by atoms with Gasteiger partial charge in [-0.1, -0.05) is 37.6 Å². The lowest BCUT2D eigenvalue weighted by Crippen LogP contribution is -2.11. The second-order valence-corrected chi connectivity index (χ2v) is 8.75. The highest BCUT2D eigenvalue weighted by Crippen LogP contribution is 2.32. The molecule has 0 atom stereocenters. The van der Waals surface area contributed by atoms with E-state index in [0.717, 1.165) is 24.0 Å². The summed E-state index contributed by atoms with van der Waals surface area (Å²) in [7, 11) is 0. The Morgan fingerprint density at radius 3 is 2.49 bits per heavy atom. The molecule has 1 aromatic heterocycles. The Hall–Kier alpha value is -4.59. The molecule has 0 saturated carbocycles. The van der Waals surface area contributed by atoms with Crippen LogP contribution < -0.4 is 14.8 Å². The van der Waals surface area contributed by atoms with Gasteiger partial charge in [0.15, 0.2) is 5.76 Å². The van der Waals surface area contributed by atoms with Gasteiger partial charge in [-0.05, 0) is 67.3 Å². The van der Waals surface area contributed by atoms with Crippen molar-refractivity contribution in [1.82, 2.24) is 0 Å². The van der Waals surface area contributed by atoms with Gasteiger partial charge in [-0.2, -0.15) is 0 Å². The maximum absolute atomic E-state index is 12.8. The van der Waals surface area contributed by atoms with Crippen LogP contribution in [0, 0.1) is 24.0 Å². The Labute approximate surface area is 215 Å². The number of nitrogens with zero attached hydrogens (tertiary/aromatic N) is 1. The first-order valence-electron chi connectivity index (χ1n) is 12.0. The van der Waals surface area contributed by atoms with Crippen molar-refractivity contribution in [2.75, 3.05) is 5.32 Å². The Kier molecular flexibility index (Phi) is 7.88. The molecular weight excluding hydrogens is 472 g/mol. The van der Waals surface area contributed by atoms with Crippen molar-refractivity contribution in [3.8, 4) is 17.2 Å². The number of amides is 1. The zero-order valence-corrected chi connectivity index (χ0v) is 20.9. The molecule has 0 unspecified atom stereocenters. The predicted molar refractivity (Wildman–Crippen MR) is 141 cm³/mol. The molecule has 3 aromatic carbocycles. The monoisotopic (exact) mass is 500 g/mol. The second kappa shape index (κ2) is 11.4. The van der Waals surface area contributed by atoms with Gasteiger partial charge in [-0.25, -0.2) is 0 Å². The summed E-state index contributed by atoms with van der Waals surface area (Å²) >= 11 is 0. The van der Waals surface area contributed by atoms with Crippen LogP contribution in [0.4, 0.5) is 11.4 Å². The normalized spacial score (nSPS) is 10.7. The van der Waals surface area contributed by atoms with Gasteiger partial charge in [-0.3, -0.25) is 14.9 Å². The standard InChI is InChI=1S/C29H28N2O6/c1-4-5-21-8-10-24(11-9-21)35-18-25-12-13-27(36-25)29(32)30-22-15-23(31(33)34)17-26(16-22)37-28-14-19(2)6-7-20(28)3/h6-17H,4-5,18H2,1-3H3,(H,30,32). The van der Waals surface area contributed by atoms with Crippen molar-refractivity contribution in [3.05, 3.63) is 111 Å². The summed E-state index contributed by atoms with van der Waals surface area (Å²) in [6, 6.07) is 20.9. The third kappa shape index (κ3) is 6.76. The van der Waals surface area contributed by atoms with Crippen LogP contribution in [0.1, 0.15) is 46.3 Å². The molecule has 8 heteroatoms. The van der Waals surface area contributed by atoms with E-state index >= 15 is 0 Å². The molecule has 0 fully saturated rings. The Balaban J connectivity index is 1.44. The first-order valence-corrected chi connectivity index (χ1v) is 12.0. The Morgan fingerprint density at radius 1 is 0.973 bits per heavy atom. The van der Waals surface area contributed by atoms with Gasteiger partial charge < -0.3 is 19.2 Å². The lowest BCUT2D eigenvalue weighted by Gasteiger charge is -2.11. The summed E-state index contributed by atoms with van der Waals surface area (Å²) in [5.41, 5.74) is 3.11. The zero-order valence-electron chi connectivity index (χ0n) is 20.9. The molecule has 37 heavy (non-hydrogen) atoms. The average Bonchev–Trinajstić information content (AvgIpc) is 3.35. The second-order valence-electron chi connectivity index (χ2n) is 8.75. The van der Waals surface area contributed by atoms with Crippen molar-refractivity contribution in [2.24, 2.45) is 0 Å². The number of furan rings is 1. The van der Waals surface area contributed by atoms with Crippen LogP contribution in [0.15, 0.2) is 77.2 Å². The fourth-order valence-corrected chi connectivity index (χ4v) is 3.73. The first-order chi connectivity index (χ1) is 17.8. The number of nitro groups is 1. The van der Waals surface area contributed by atoms with E-state index in [9.17, 15) is 14.9 Å². The number of nitrogens with one attached hydrogen (secondary N) is 1. The number of benzene rings is 3. The quantitative estimate of drug-likeness (QED) is 0.180.